The standard InChI is InChI=1S/C24H29N3O4/c1-4-27(5-2)13-15(28)12-25-18-10-11-19(26(3)20-14-31-20)22-21(18)23(29)16-8-6-7-9-17(16)24(22)30/h6-11,15,20,25,28H,4-5,12-14H2,1-3H3. The zero-order valence-corrected chi connectivity index (χ0v) is 18.2. The second-order valence-corrected chi connectivity index (χ2v) is 8.01. The molecule has 0 saturated carbocycles. The molecule has 31 heavy (non-hydrogen) atoms. The Bertz CT molecular complexity index is 998. The summed E-state index contributed by atoms with van der Waals surface area (Å²) in [5.74, 6) is -0.349. The number of nitrogens with zero attached hydrogens (tertiary/aromatic N) is 2. The lowest BCUT2D eigenvalue weighted by Gasteiger charge is -2.28. The molecule has 1 aliphatic heterocycles. The lowest BCUT2D eigenvalue weighted by Crippen LogP contribution is -2.36. The van der Waals surface area contributed by atoms with Crippen LogP contribution in [0.1, 0.15) is 45.7 Å². The molecular formula is C24H29N3O4. The lowest BCUT2D eigenvalue weighted by molar-refractivity contribution is 0.0979. The van der Waals surface area contributed by atoms with Crippen molar-refractivity contribution in [2.75, 3.05) is 50.1 Å². The number of likely N-dealkylation sites (N-methyl/N-ethyl adjacent to an activating group) is 2. The van der Waals surface area contributed by atoms with Gasteiger partial charge in [-0.15, -0.1) is 0 Å². The van der Waals surface area contributed by atoms with E-state index in [1.807, 2.05) is 24.1 Å². The summed E-state index contributed by atoms with van der Waals surface area (Å²) in [5.41, 5.74) is 2.84. The normalized spacial score (nSPS) is 17.9. The van der Waals surface area contributed by atoms with E-state index in [1.54, 1.807) is 24.3 Å². The first kappa shape index (κ1) is 21.5. The van der Waals surface area contributed by atoms with E-state index >= 15 is 0 Å². The molecule has 1 saturated heterocycles. The Labute approximate surface area is 182 Å². The first-order valence-electron chi connectivity index (χ1n) is 10.8. The number of carbonyl (C=O) groups excluding carboxylic acids is 2. The van der Waals surface area contributed by atoms with Gasteiger partial charge in [0.05, 0.1) is 29.5 Å². The minimum atomic E-state index is -0.598. The highest BCUT2D eigenvalue weighted by atomic mass is 16.6. The summed E-state index contributed by atoms with van der Waals surface area (Å²) in [4.78, 5) is 30.9. The highest BCUT2D eigenvalue weighted by Gasteiger charge is 2.37. The number of carbonyl (C=O) groups is 2. The fraction of sp³-hybridized carbons (Fsp3) is 0.417. The van der Waals surface area contributed by atoms with Gasteiger partial charge in [0, 0.05) is 37.0 Å². The maximum absolute atomic E-state index is 13.4. The molecular weight excluding hydrogens is 394 g/mol. The molecule has 1 fully saturated rings. The number of fused-ring (bicyclic) bond motifs is 2. The van der Waals surface area contributed by atoms with Crippen molar-refractivity contribution in [3.8, 4) is 0 Å². The molecule has 2 aromatic rings. The smallest absolute Gasteiger partial charge is 0.196 e. The highest BCUT2D eigenvalue weighted by Crippen LogP contribution is 2.39. The molecule has 2 atom stereocenters. The van der Waals surface area contributed by atoms with Gasteiger partial charge in [-0.05, 0) is 25.2 Å². The molecule has 7 heteroatoms. The van der Waals surface area contributed by atoms with Crippen LogP contribution in [0.4, 0.5) is 11.4 Å². The van der Waals surface area contributed by atoms with E-state index < -0.39 is 6.10 Å². The van der Waals surface area contributed by atoms with E-state index in [-0.39, 0.29) is 24.3 Å². The van der Waals surface area contributed by atoms with Crippen LogP contribution in [0.3, 0.4) is 0 Å². The van der Waals surface area contributed by atoms with Crippen LogP contribution in [-0.4, -0.2) is 73.7 Å². The highest BCUT2D eigenvalue weighted by molar-refractivity contribution is 6.32. The summed E-state index contributed by atoms with van der Waals surface area (Å²) >= 11 is 0. The number of benzene rings is 2. The molecule has 4 rings (SSSR count). The quantitative estimate of drug-likeness (QED) is 0.511. The minimum absolute atomic E-state index is 0.0844. The van der Waals surface area contributed by atoms with E-state index in [9.17, 15) is 14.7 Å². The largest absolute Gasteiger partial charge is 0.390 e. The Morgan fingerprint density at radius 1 is 1.06 bits per heavy atom. The average molecular weight is 424 g/mol. The van der Waals surface area contributed by atoms with E-state index in [4.69, 9.17) is 4.74 Å². The third-order valence-corrected chi connectivity index (χ3v) is 6.07. The summed E-state index contributed by atoms with van der Waals surface area (Å²) in [6.45, 7) is 7.25. The topological polar surface area (TPSA) is 85.4 Å². The Morgan fingerprint density at radius 3 is 2.26 bits per heavy atom. The number of epoxide rings is 1. The maximum atomic E-state index is 13.4. The number of hydrogen-bond donors (Lipinski definition) is 2. The number of anilines is 2. The zero-order chi connectivity index (χ0) is 22.1. The first-order valence-corrected chi connectivity index (χ1v) is 10.8. The number of ketones is 2. The van der Waals surface area contributed by atoms with E-state index in [1.165, 1.54) is 0 Å². The summed E-state index contributed by atoms with van der Waals surface area (Å²) in [6, 6.07) is 10.6. The van der Waals surface area contributed by atoms with Gasteiger partial charge in [0.2, 0.25) is 0 Å². The molecule has 7 nitrogen and oxygen atoms in total. The Balaban J connectivity index is 1.69. The van der Waals surface area contributed by atoms with Crippen LogP contribution < -0.4 is 10.2 Å². The molecule has 164 valence electrons. The molecule has 0 bridgehead atoms. The number of hydrogen-bond acceptors (Lipinski definition) is 7. The average Bonchev–Trinajstić information content (AvgIpc) is 3.64. The fourth-order valence-electron chi connectivity index (χ4n) is 4.14. The van der Waals surface area contributed by atoms with Crippen molar-refractivity contribution in [3.63, 3.8) is 0 Å². The van der Waals surface area contributed by atoms with Gasteiger partial charge in [0.1, 0.15) is 0 Å². The third-order valence-electron chi connectivity index (χ3n) is 6.07. The van der Waals surface area contributed by atoms with Crippen molar-refractivity contribution in [3.05, 3.63) is 58.7 Å². The van der Waals surface area contributed by atoms with Gasteiger partial charge in [-0.3, -0.25) is 9.59 Å². The van der Waals surface area contributed by atoms with Gasteiger partial charge in [-0.25, -0.2) is 0 Å². The zero-order valence-electron chi connectivity index (χ0n) is 18.2. The van der Waals surface area contributed by atoms with E-state index in [0.29, 0.717) is 46.8 Å². The van der Waals surface area contributed by atoms with Crippen molar-refractivity contribution < 1.29 is 19.4 Å². The van der Waals surface area contributed by atoms with Crippen molar-refractivity contribution in [2.24, 2.45) is 0 Å². The molecule has 2 aliphatic rings. The Hall–Kier alpha value is -2.74. The van der Waals surface area contributed by atoms with Gasteiger partial charge < -0.3 is 25.0 Å². The van der Waals surface area contributed by atoms with E-state index in [2.05, 4.69) is 24.1 Å². The SMILES string of the molecule is CCN(CC)CC(O)CNc1ccc(N(C)C2CO2)c2c1C(=O)c1ccccc1C2=O. The summed E-state index contributed by atoms with van der Waals surface area (Å²) < 4.78 is 5.39. The summed E-state index contributed by atoms with van der Waals surface area (Å²) in [7, 11) is 1.87. The van der Waals surface area contributed by atoms with Crippen LogP contribution in [0.2, 0.25) is 0 Å². The van der Waals surface area contributed by atoms with Gasteiger partial charge >= 0.3 is 0 Å². The number of nitrogens with one attached hydrogen (secondary N) is 1. The Morgan fingerprint density at radius 2 is 1.68 bits per heavy atom. The van der Waals surface area contributed by atoms with Crippen molar-refractivity contribution >= 4 is 22.9 Å². The number of ether oxygens (including phenoxy) is 1. The molecule has 1 heterocycles. The predicted octanol–water partition coefficient (Wildman–Crippen LogP) is 2.37. The molecule has 2 N–H and O–H groups in total. The first-order chi connectivity index (χ1) is 15.0. The maximum Gasteiger partial charge on any atom is 0.196 e. The molecule has 0 spiro atoms. The monoisotopic (exact) mass is 423 g/mol. The third kappa shape index (κ3) is 4.08. The van der Waals surface area contributed by atoms with Crippen LogP contribution >= 0.6 is 0 Å². The van der Waals surface area contributed by atoms with Crippen molar-refractivity contribution in [1.29, 1.82) is 0 Å². The van der Waals surface area contributed by atoms with Crippen molar-refractivity contribution in [1.82, 2.24) is 4.90 Å². The van der Waals surface area contributed by atoms with Crippen LogP contribution in [0.15, 0.2) is 36.4 Å². The van der Waals surface area contributed by atoms with Crippen LogP contribution in [0.5, 0.6) is 0 Å². The van der Waals surface area contributed by atoms with Crippen LogP contribution in [0, 0.1) is 0 Å². The predicted molar refractivity (Wildman–Crippen MR) is 120 cm³/mol. The summed E-state index contributed by atoms with van der Waals surface area (Å²) in [6.07, 6.45) is -0.682. The molecule has 0 radical (unpaired) electrons. The molecule has 1 aliphatic carbocycles. The van der Waals surface area contributed by atoms with Crippen molar-refractivity contribution in [2.45, 2.75) is 26.2 Å². The Kier molecular flexibility index (Phi) is 6.09. The van der Waals surface area contributed by atoms with Crippen LogP contribution in [0.25, 0.3) is 0 Å². The fourth-order valence-corrected chi connectivity index (χ4v) is 4.14. The van der Waals surface area contributed by atoms with Gasteiger partial charge in [-0.1, -0.05) is 38.1 Å². The number of aliphatic hydroxyl groups is 1. The molecule has 0 amide bonds. The lowest BCUT2D eigenvalue weighted by atomic mass is 9.82. The number of aliphatic hydroxyl groups excluding tert-OH is 1. The molecule has 0 aromatic heterocycles. The van der Waals surface area contributed by atoms with Gasteiger partial charge in [0.15, 0.2) is 17.8 Å². The van der Waals surface area contributed by atoms with Crippen LogP contribution in [-0.2, 0) is 4.74 Å². The number of rotatable bonds is 9. The second-order valence-electron chi connectivity index (χ2n) is 8.01. The summed E-state index contributed by atoms with van der Waals surface area (Å²) in [5, 5.41) is 13.7. The minimum Gasteiger partial charge on any atom is -0.390 e. The van der Waals surface area contributed by atoms with E-state index in [0.717, 1.165) is 13.1 Å². The molecule has 2 unspecified atom stereocenters. The van der Waals surface area contributed by atoms with Gasteiger partial charge in [-0.2, -0.15) is 0 Å². The van der Waals surface area contributed by atoms with Gasteiger partial charge in [0.25, 0.3) is 0 Å². The molecule has 2 aromatic carbocycles. The second kappa shape index (κ2) is 8.78.